The fourth-order valence-electron chi connectivity index (χ4n) is 5.66. The highest BCUT2D eigenvalue weighted by atomic mass is 16.5. The molecule has 1 aromatic rings. The van der Waals surface area contributed by atoms with Crippen LogP contribution in [0, 0.1) is 5.92 Å². The molecule has 1 fully saturated rings. The van der Waals surface area contributed by atoms with Gasteiger partial charge in [-0.1, -0.05) is 77.6 Å². The van der Waals surface area contributed by atoms with Gasteiger partial charge < -0.3 is 19.1 Å². The first-order valence-corrected chi connectivity index (χ1v) is 15.2. The molecule has 1 aliphatic rings. The summed E-state index contributed by atoms with van der Waals surface area (Å²) in [4.78, 5) is 16.1. The lowest BCUT2D eigenvalue weighted by Crippen LogP contribution is -2.23. The van der Waals surface area contributed by atoms with E-state index in [9.17, 15) is 4.79 Å². The molecule has 1 aliphatic heterocycles. The molecule has 0 aliphatic carbocycles. The van der Waals surface area contributed by atoms with E-state index in [4.69, 9.17) is 14.2 Å². The Morgan fingerprint density at radius 2 is 1.27 bits per heavy atom. The lowest BCUT2D eigenvalue weighted by molar-refractivity contribution is -0.122. The van der Waals surface area contributed by atoms with E-state index in [0.717, 1.165) is 37.8 Å². The van der Waals surface area contributed by atoms with Crippen LogP contribution in [-0.2, 0) is 11.2 Å². The number of hydrogen-bond acceptors (Lipinski definition) is 5. The van der Waals surface area contributed by atoms with Gasteiger partial charge in [-0.2, -0.15) is 0 Å². The highest BCUT2D eigenvalue weighted by molar-refractivity contribution is 5.84. The standard InChI is InChI=1S/C32H55NO4/c1-5-6-7-8-9-10-11-12-13-14-15-19-27(20-18-23-33-21-16-17-22-33)30(34)26-29-31(36-3)24-28(35-2)25-32(29)37-4/h24-25,27H,5-23,26H2,1-4H3. The minimum absolute atomic E-state index is 0.109. The summed E-state index contributed by atoms with van der Waals surface area (Å²) in [5, 5.41) is 0. The first kappa shape index (κ1) is 31.5. The van der Waals surface area contributed by atoms with Crippen LogP contribution in [0.25, 0.3) is 0 Å². The summed E-state index contributed by atoms with van der Waals surface area (Å²) in [6.45, 7) is 5.84. The van der Waals surface area contributed by atoms with Crippen LogP contribution in [0.15, 0.2) is 12.1 Å². The van der Waals surface area contributed by atoms with Gasteiger partial charge in [-0.25, -0.2) is 0 Å². The van der Waals surface area contributed by atoms with Crippen molar-refractivity contribution in [2.75, 3.05) is 41.0 Å². The zero-order chi connectivity index (χ0) is 26.7. The largest absolute Gasteiger partial charge is 0.496 e. The Hall–Kier alpha value is -1.75. The van der Waals surface area contributed by atoms with Gasteiger partial charge >= 0.3 is 0 Å². The SMILES string of the molecule is CCCCCCCCCCCCCC(CCCN1CCCC1)C(=O)Cc1c(OC)cc(OC)cc1OC. The first-order chi connectivity index (χ1) is 18.1. The van der Waals surface area contributed by atoms with Gasteiger partial charge in [-0.3, -0.25) is 4.79 Å². The van der Waals surface area contributed by atoms with E-state index in [1.165, 1.54) is 90.1 Å². The van der Waals surface area contributed by atoms with Crippen molar-refractivity contribution in [2.24, 2.45) is 5.92 Å². The molecule has 1 aromatic carbocycles. The molecule has 0 amide bonds. The quantitative estimate of drug-likeness (QED) is 0.146. The number of likely N-dealkylation sites (tertiary alicyclic amines) is 1. The number of rotatable bonds is 22. The number of carbonyl (C=O) groups excluding carboxylic acids is 1. The van der Waals surface area contributed by atoms with Crippen LogP contribution in [0.4, 0.5) is 0 Å². The average molecular weight is 518 g/mol. The second-order valence-corrected chi connectivity index (χ2v) is 10.9. The monoisotopic (exact) mass is 517 g/mol. The van der Waals surface area contributed by atoms with Crippen LogP contribution in [-0.4, -0.2) is 51.6 Å². The Kier molecular flexibility index (Phi) is 16.4. The summed E-state index contributed by atoms with van der Waals surface area (Å²) >= 11 is 0. The van der Waals surface area contributed by atoms with Crippen molar-refractivity contribution in [2.45, 2.75) is 116 Å². The van der Waals surface area contributed by atoms with Gasteiger partial charge in [0.25, 0.3) is 0 Å². The summed E-state index contributed by atoms with van der Waals surface area (Å²) < 4.78 is 16.6. The van der Waals surface area contributed by atoms with Crippen LogP contribution >= 0.6 is 0 Å². The lowest BCUT2D eigenvalue weighted by atomic mass is 9.88. The van der Waals surface area contributed by atoms with Crippen molar-refractivity contribution < 1.29 is 19.0 Å². The summed E-state index contributed by atoms with van der Waals surface area (Å²) in [6.07, 6.45) is 20.7. The first-order valence-electron chi connectivity index (χ1n) is 15.2. The molecule has 5 nitrogen and oxygen atoms in total. The Morgan fingerprint density at radius 3 is 1.78 bits per heavy atom. The van der Waals surface area contributed by atoms with Gasteiger partial charge in [-0.15, -0.1) is 0 Å². The maximum atomic E-state index is 13.6. The third-order valence-corrected chi connectivity index (χ3v) is 8.01. The van der Waals surface area contributed by atoms with Crippen molar-refractivity contribution >= 4 is 5.78 Å². The molecule has 0 aromatic heterocycles. The number of nitrogens with zero attached hydrogens (tertiary/aromatic N) is 1. The highest BCUT2D eigenvalue weighted by Crippen LogP contribution is 2.35. The molecule has 1 atom stereocenters. The van der Waals surface area contributed by atoms with E-state index in [2.05, 4.69) is 11.8 Å². The van der Waals surface area contributed by atoms with E-state index in [0.29, 0.717) is 29.5 Å². The zero-order valence-corrected chi connectivity index (χ0v) is 24.5. The molecular weight excluding hydrogens is 462 g/mol. The topological polar surface area (TPSA) is 48.0 Å². The van der Waals surface area contributed by atoms with Gasteiger partial charge in [-0.05, 0) is 51.7 Å². The number of benzene rings is 1. The molecule has 2 rings (SSSR count). The van der Waals surface area contributed by atoms with Crippen LogP contribution in [0.2, 0.25) is 0 Å². The number of ether oxygens (including phenoxy) is 3. The molecule has 1 heterocycles. The minimum atomic E-state index is 0.109. The van der Waals surface area contributed by atoms with Gasteiger partial charge in [0.05, 0.1) is 21.3 Å². The lowest BCUT2D eigenvalue weighted by Gasteiger charge is -2.20. The molecule has 0 N–H and O–H groups in total. The van der Waals surface area contributed by atoms with Crippen molar-refractivity contribution in [3.8, 4) is 17.2 Å². The molecule has 5 heteroatoms. The van der Waals surface area contributed by atoms with Gasteiger partial charge in [0.2, 0.25) is 0 Å². The number of hydrogen-bond donors (Lipinski definition) is 0. The molecule has 1 unspecified atom stereocenters. The fourth-order valence-corrected chi connectivity index (χ4v) is 5.66. The smallest absolute Gasteiger partial charge is 0.140 e. The summed E-state index contributed by atoms with van der Waals surface area (Å²) in [5.41, 5.74) is 0.833. The second-order valence-electron chi connectivity index (χ2n) is 10.9. The molecule has 212 valence electrons. The number of ketones is 1. The summed E-state index contributed by atoms with van der Waals surface area (Å²) in [7, 11) is 4.91. The number of unbranched alkanes of at least 4 members (excludes halogenated alkanes) is 10. The van der Waals surface area contributed by atoms with Gasteiger partial charge in [0, 0.05) is 30.0 Å². The molecular formula is C32H55NO4. The van der Waals surface area contributed by atoms with Gasteiger partial charge in [0.15, 0.2) is 0 Å². The predicted octanol–water partition coefficient (Wildman–Crippen LogP) is 8.02. The van der Waals surface area contributed by atoms with Gasteiger partial charge in [0.1, 0.15) is 23.0 Å². The van der Waals surface area contributed by atoms with Crippen LogP contribution in [0.5, 0.6) is 17.2 Å². The van der Waals surface area contributed by atoms with Crippen molar-refractivity contribution in [1.29, 1.82) is 0 Å². The molecule has 1 saturated heterocycles. The molecule has 0 radical (unpaired) electrons. The number of carbonyl (C=O) groups is 1. The third-order valence-electron chi connectivity index (χ3n) is 8.01. The number of Topliss-reactive ketones (excluding diaryl/α,β-unsaturated/α-hetero) is 1. The van der Waals surface area contributed by atoms with Crippen molar-refractivity contribution in [3.63, 3.8) is 0 Å². The van der Waals surface area contributed by atoms with Crippen molar-refractivity contribution in [3.05, 3.63) is 17.7 Å². The van der Waals surface area contributed by atoms with Crippen LogP contribution in [0.3, 0.4) is 0 Å². The Labute approximate surface area is 227 Å². The summed E-state index contributed by atoms with van der Waals surface area (Å²) in [6, 6.07) is 3.69. The predicted molar refractivity (Wildman–Crippen MR) is 154 cm³/mol. The maximum Gasteiger partial charge on any atom is 0.140 e. The van der Waals surface area contributed by atoms with E-state index in [-0.39, 0.29) is 5.92 Å². The Morgan fingerprint density at radius 1 is 0.757 bits per heavy atom. The van der Waals surface area contributed by atoms with E-state index >= 15 is 0 Å². The Bertz CT molecular complexity index is 719. The van der Waals surface area contributed by atoms with Crippen LogP contribution in [0.1, 0.15) is 115 Å². The Balaban J connectivity index is 1.85. The fraction of sp³-hybridized carbons (Fsp3) is 0.781. The number of methoxy groups -OCH3 is 3. The third kappa shape index (κ3) is 12.1. The molecule has 0 bridgehead atoms. The second kappa shape index (κ2) is 19.3. The molecule has 0 spiro atoms. The zero-order valence-electron chi connectivity index (χ0n) is 24.5. The van der Waals surface area contributed by atoms with Crippen molar-refractivity contribution in [1.82, 2.24) is 4.90 Å². The minimum Gasteiger partial charge on any atom is -0.496 e. The van der Waals surface area contributed by atoms with E-state index < -0.39 is 0 Å². The molecule has 0 saturated carbocycles. The average Bonchev–Trinajstić information content (AvgIpc) is 3.44. The maximum absolute atomic E-state index is 13.6. The van der Waals surface area contributed by atoms with Crippen LogP contribution < -0.4 is 14.2 Å². The molecule has 37 heavy (non-hydrogen) atoms. The van der Waals surface area contributed by atoms with E-state index in [1.54, 1.807) is 21.3 Å². The highest BCUT2D eigenvalue weighted by Gasteiger charge is 2.23. The summed E-state index contributed by atoms with van der Waals surface area (Å²) in [5.74, 6) is 2.42. The normalized spacial score (nSPS) is 14.6. The van der Waals surface area contributed by atoms with E-state index in [1.807, 2.05) is 12.1 Å².